The zero-order valence-corrected chi connectivity index (χ0v) is 15.5. The maximum Gasteiger partial charge on any atom is 0.257 e. The molecule has 144 valence electrons. The van der Waals surface area contributed by atoms with Crippen molar-refractivity contribution in [2.45, 2.75) is 25.8 Å². The van der Waals surface area contributed by atoms with Crippen LogP contribution in [0, 0.1) is 5.82 Å². The summed E-state index contributed by atoms with van der Waals surface area (Å²) in [6.45, 7) is 3.63. The molecule has 0 spiro atoms. The van der Waals surface area contributed by atoms with Gasteiger partial charge in [0.1, 0.15) is 11.6 Å². The van der Waals surface area contributed by atoms with Gasteiger partial charge in [-0.25, -0.2) is 4.39 Å². The number of ether oxygens (including phenoxy) is 1. The Labute approximate surface area is 161 Å². The number of carbonyl (C=O) groups excluding carboxylic acids is 1. The highest BCUT2D eigenvalue weighted by atomic mass is 19.1. The summed E-state index contributed by atoms with van der Waals surface area (Å²) in [5, 5.41) is 4.03. The molecular formula is C21H20FN3O3. The van der Waals surface area contributed by atoms with Crippen LogP contribution in [0.2, 0.25) is 0 Å². The topological polar surface area (TPSA) is 68.5 Å². The number of rotatable bonds is 6. The second kappa shape index (κ2) is 7.80. The minimum absolute atomic E-state index is 0.0621. The van der Waals surface area contributed by atoms with E-state index >= 15 is 0 Å². The highest BCUT2D eigenvalue weighted by Crippen LogP contribution is 2.29. The molecule has 4 rings (SSSR count). The number of benzene rings is 2. The van der Waals surface area contributed by atoms with Gasteiger partial charge < -0.3 is 14.2 Å². The van der Waals surface area contributed by atoms with Crippen LogP contribution in [-0.4, -0.2) is 34.1 Å². The molecular weight excluding hydrogens is 361 g/mol. The van der Waals surface area contributed by atoms with E-state index in [0.29, 0.717) is 43.4 Å². The zero-order valence-electron chi connectivity index (χ0n) is 15.5. The lowest BCUT2D eigenvalue weighted by Gasteiger charge is -2.16. The van der Waals surface area contributed by atoms with Crippen LogP contribution in [0.15, 0.2) is 53.1 Å². The van der Waals surface area contributed by atoms with Gasteiger partial charge in [0.25, 0.3) is 5.89 Å². The van der Waals surface area contributed by atoms with Crippen molar-refractivity contribution in [2.24, 2.45) is 0 Å². The minimum atomic E-state index is -0.324. The Hall–Kier alpha value is -3.22. The van der Waals surface area contributed by atoms with E-state index in [4.69, 9.17) is 9.26 Å². The first-order valence-electron chi connectivity index (χ1n) is 9.21. The summed E-state index contributed by atoms with van der Waals surface area (Å²) in [5.41, 5.74) is 1.69. The number of hydrogen-bond donors (Lipinski definition) is 0. The van der Waals surface area contributed by atoms with E-state index in [2.05, 4.69) is 10.1 Å². The van der Waals surface area contributed by atoms with Crippen molar-refractivity contribution >= 4 is 5.91 Å². The highest BCUT2D eigenvalue weighted by Gasteiger charge is 2.33. The van der Waals surface area contributed by atoms with Gasteiger partial charge >= 0.3 is 0 Å². The SMILES string of the molecule is CCOc1ccc(CN2CC(c3noc(-c4ccc(F)cc4)n3)CC2=O)cc1. The zero-order chi connectivity index (χ0) is 19.5. The molecule has 2 heterocycles. The molecule has 6 nitrogen and oxygen atoms in total. The van der Waals surface area contributed by atoms with Crippen LogP contribution < -0.4 is 4.74 Å². The van der Waals surface area contributed by atoms with Crippen LogP contribution in [-0.2, 0) is 11.3 Å². The molecule has 0 saturated carbocycles. The molecule has 0 radical (unpaired) electrons. The van der Waals surface area contributed by atoms with Crippen molar-refractivity contribution in [3.63, 3.8) is 0 Å². The van der Waals surface area contributed by atoms with Gasteiger partial charge in [-0.2, -0.15) is 4.98 Å². The van der Waals surface area contributed by atoms with Crippen LogP contribution in [0.4, 0.5) is 4.39 Å². The standard InChI is InChI=1S/C21H20FN3O3/c1-2-27-18-9-3-14(4-10-18)12-25-13-16(11-19(25)26)20-23-21(28-24-20)15-5-7-17(22)8-6-15/h3-10,16H,2,11-13H2,1H3. The Balaban J connectivity index is 1.42. The van der Waals surface area contributed by atoms with E-state index in [-0.39, 0.29) is 17.6 Å². The van der Waals surface area contributed by atoms with Crippen LogP contribution in [0.3, 0.4) is 0 Å². The molecule has 1 aliphatic heterocycles. The van der Waals surface area contributed by atoms with E-state index < -0.39 is 0 Å². The summed E-state index contributed by atoms with van der Waals surface area (Å²) < 4.78 is 23.8. The van der Waals surface area contributed by atoms with Gasteiger partial charge in [-0.15, -0.1) is 0 Å². The first-order valence-corrected chi connectivity index (χ1v) is 9.21. The maximum atomic E-state index is 13.1. The molecule has 28 heavy (non-hydrogen) atoms. The van der Waals surface area contributed by atoms with Crippen molar-refractivity contribution in [1.82, 2.24) is 15.0 Å². The van der Waals surface area contributed by atoms with Gasteiger partial charge in [0.15, 0.2) is 5.82 Å². The number of hydrogen-bond acceptors (Lipinski definition) is 5. The summed E-state index contributed by atoms with van der Waals surface area (Å²) in [7, 11) is 0. The second-order valence-electron chi connectivity index (χ2n) is 6.72. The number of carbonyl (C=O) groups is 1. The molecule has 7 heteroatoms. The fourth-order valence-corrected chi connectivity index (χ4v) is 3.29. The Morgan fingerprint density at radius 3 is 2.64 bits per heavy atom. The molecule has 1 unspecified atom stereocenters. The van der Waals surface area contributed by atoms with Crippen molar-refractivity contribution in [2.75, 3.05) is 13.2 Å². The molecule has 0 bridgehead atoms. The van der Waals surface area contributed by atoms with Gasteiger partial charge in [0.05, 0.1) is 6.61 Å². The fraction of sp³-hybridized carbons (Fsp3) is 0.286. The number of likely N-dealkylation sites (tertiary alicyclic amines) is 1. The van der Waals surface area contributed by atoms with E-state index in [0.717, 1.165) is 11.3 Å². The van der Waals surface area contributed by atoms with Crippen molar-refractivity contribution in [1.29, 1.82) is 0 Å². The Morgan fingerprint density at radius 2 is 1.93 bits per heavy atom. The van der Waals surface area contributed by atoms with E-state index in [1.807, 2.05) is 31.2 Å². The lowest BCUT2D eigenvalue weighted by molar-refractivity contribution is -0.128. The summed E-state index contributed by atoms with van der Waals surface area (Å²) in [6, 6.07) is 13.6. The van der Waals surface area contributed by atoms with Crippen LogP contribution >= 0.6 is 0 Å². The van der Waals surface area contributed by atoms with Crippen molar-refractivity contribution in [3.8, 4) is 17.2 Å². The van der Waals surface area contributed by atoms with Crippen LogP contribution in [0.5, 0.6) is 5.75 Å². The third kappa shape index (κ3) is 3.88. The molecule has 0 N–H and O–H groups in total. The van der Waals surface area contributed by atoms with Gasteiger partial charge in [-0.3, -0.25) is 4.79 Å². The minimum Gasteiger partial charge on any atom is -0.494 e. The summed E-state index contributed by atoms with van der Waals surface area (Å²) in [6.07, 6.45) is 0.347. The Morgan fingerprint density at radius 1 is 1.18 bits per heavy atom. The fourth-order valence-electron chi connectivity index (χ4n) is 3.29. The van der Waals surface area contributed by atoms with Crippen molar-refractivity contribution < 1.29 is 18.4 Å². The third-order valence-corrected chi connectivity index (χ3v) is 4.72. The lowest BCUT2D eigenvalue weighted by atomic mass is 10.1. The number of amides is 1. The van der Waals surface area contributed by atoms with Gasteiger partial charge in [0, 0.05) is 31.0 Å². The normalized spacial score (nSPS) is 16.6. The van der Waals surface area contributed by atoms with Gasteiger partial charge in [-0.05, 0) is 48.9 Å². The predicted molar refractivity (Wildman–Crippen MR) is 100 cm³/mol. The molecule has 1 atom stereocenters. The molecule has 1 aliphatic rings. The van der Waals surface area contributed by atoms with Gasteiger partial charge in [-0.1, -0.05) is 17.3 Å². The Bertz CT molecular complexity index is 954. The lowest BCUT2D eigenvalue weighted by Crippen LogP contribution is -2.24. The Kier molecular flexibility index (Phi) is 5.06. The van der Waals surface area contributed by atoms with Crippen molar-refractivity contribution in [3.05, 3.63) is 65.7 Å². The molecule has 3 aromatic rings. The molecule has 1 saturated heterocycles. The molecule has 0 aliphatic carbocycles. The van der Waals surface area contributed by atoms with Crippen LogP contribution in [0.25, 0.3) is 11.5 Å². The number of aromatic nitrogens is 2. The van der Waals surface area contributed by atoms with E-state index in [1.54, 1.807) is 17.0 Å². The monoisotopic (exact) mass is 381 g/mol. The largest absolute Gasteiger partial charge is 0.494 e. The maximum absolute atomic E-state index is 13.1. The second-order valence-corrected chi connectivity index (χ2v) is 6.72. The van der Waals surface area contributed by atoms with Gasteiger partial charge in [0.2, 0.25) is 5.91 Å². The summed E-state index contributed by atoms with van der Waals surface area (Å²) >= 11 is 0. The molecule has 1 fully saturated rings. The van der Waals surface area contributed by atoms with E-state index in [1.165, 1.54) is 12.1 Å². The molecule has 2 aromatic carbocycles. The molecule has 1 aromatic heterocycles. The first kappa shape index (κ1) is 18.2. The summed E-state index contributed by atoms with van der Waals surface area (Å²) in [4.78, 5) is 18.6. The summed E-state index contributed by atoms with van der Waals surface area (Å²) in [5.74, 6) is 1.27. The van der Waals surface area contributed by atoms with E-state index in [9.17, 15) is 9.18 Å². The number of halogens is 1. The third-order valence-electron chi connectivity index (χ3n) is 4.72. The molecule has 1 amide bonds. The average molecular weight is 381 g/mol. The smallest absolute Gasteiger partial charge is 0.257 e. The quantitative estimate of drug-likeness (QED) is 0.650. The first-order chi connectivity index (χ1) is 13.6. The number of nitrogens with zero attached hydrogens (tertiary/aromatic N) is 3. The predicted octanol–water partition coefficient (Wildman–Crippen LogP) is 3.79. The highest BCUT2D eigenvalue weighted by molar-refractivity contribution is 5.79. The van der Waals surface area contributed by atoms with Crippen LogP contribution in [0.1, 0.15) is 30.7 Å². The average Bonchev–Trinajstić information content (AvgIpc) is 3.32.